The Morgan fingerprint density at radius 1 is 0.778 bits per heavy atom. The highest BCUT2D eigenvalue weighted by atomic mass is 19.1. The molecule has 4 aromatic rings. The van der Waals surface area contributed by atoms with E-state index in [4.69, 9.17) is 25.4 Å². The van der Waals surface area contributed by atoms with Crippen LogP contribution in [0, 0.1) is 5.82 Å². The number of nitrogens with two attached hydrogens (primary N) is 2. The van der Waals surface area contributed by atoms with Crippen molar-refractivity contribution in [3.63, 3.8) is 0 Å². The summed E-state index contributed by atoms with van der Waals surface area (Å²) >= 11 is 0. The lowest BCUT2D eigenvalue weighted by Crippen LogP contribution is -2.13. The molecule has 186 valence electrons. The van der Waals surface area contributed by atoms with E-state index >= 15 is 0 Å². The first-order valence-electron chi connectivity index (χ1n) is 10.6. The number of methoxy groups -OCH3 is 2. The molecular weight excluding hydrogens is 467 g/mol. The second-order valence-corrected chi connectivity index (χ2v) is 7.28. The molecule has 0 fully saturated rings. The predicted molar refractivity (Wildman–Crippen MR) is 136 cm³/mol. The van der Waals surface area contributed by atoms with Gasteiger partial charge in [0, 0.05) is 23.5 Å². The minimum Gasteiger partial charge on any atom is -0.495 e. The van der Waals surface area contributed by atoms with Crippen LogP contribution in [0.25, 0.3) is 0 Å². The standard InChI is InChI=1S/C14H13FN2O2.C12H12N2O3/c1-19-13-8-9(6-7-12(13)16)17-14(18)10-4-2-3-5-11(10)15;1-16-11-7-8(4-5-9(11)13)14-12(15)10-3-2-6-17-10/h2-8H,16H2,1H3,(H,17,18);2-7H,13H2,1H3,(H,14,15). The Kier molecular flexibility index (Phi) is 8.49. The van der Waals surface area contributed by atoms with Gasteiger partial charge in [-0.1, -0.05) is 12.1 Å². The number of anilines is 4. The summed E-state index contributed by atoms with van der Waals surface area (Å²) in [6.07, 6.45) is 1.44. The third kappa shape index (κ3) is 6.54. The second-order valence-electron chi connectivity index (χ2n) is 7.28. The van der Waals surface area contributed by atoms with Gasteiger partial charge >= 0.3 is 0 Å². The number of benzene rings is 3. The molecule has 0 unspecified atom stereocenters. The number of nitrogens with one attached hydrogen (secondary N) is 2. The maximum absolute atomic E-state index is 13.4. The van der Waals surface area contributed by atoms with Crippen LogP contribution in [0.4, 0.5) is 27.1 Å². The fraction of sp³-hybridized carbons (Fsp3) is 0.0769. The molecule has 6 N–H and O–H groups in total. The summed E-state index contributed by atoms with van der Waals surface area (Å²) in [5.74, 6) is -0.191. The van der Waals surface area contributed by atoms with Crippen LogP contribution in [0.1, 0.15) is 20.9 Å². The van der Waals surface area contributed by atoms with Crippen LogP contribution in [-0.4, -0.2) is 26.0 Å². The van der Waals surface area contributed by atoms with Gasteiger partial charge in [0.2, 0.25) is 0 Å². The van der Waals surface area contributed by atoms with E-state index in [1.165, 1.54) is 38.7 Å². The van der Waals surface area contributed by atoms with Crippen LogP contribution < -0.4 is 31.6 Å². The van der Waals surface area contributed by atoms with Crippen molar-refractivity contribution in [1.82, 2.24) is 0 Å². The van der Waals surface area contributed by atoms with Crippen molar-refractivity contribution in [2.24, 2.45) is 0 Å². The summed E-state index contributed by atoms with van der Waals surface area (Å²) in [6, 6.07) is 18.8. The van der Waals surface area contributed by atoms with Crippen molar-refractivity contribution < 1.29 is 27.9 Å². The normalized spacial score (nSPS) is 9.97. The highest BCUT2D eigenvalue weighted by Gasteiger charge is 2.12. The predicted octanol–water partition coefficient (Wildman–Crippen LogP) is 4.79. The highest BCUT2D eigenvalue weighted by molar-refractivity contribution is 6.04. The van der Waals surface area contributed by atoms with Gasteiger partial charge in [-0.3, -0.25) is 9.59 Å². The molecule has 9 nitrogen and oxygen atoms in total. The third-order valence-electron chi connectivity index (χ3n) is 4.85. The Hall–Kier alpha value is -4.99. The zero-order valence-electron chi connectivity index (χ0n) is 19.6. The molecule has 0 aliphatic carbocycles. The van der Waals surface area contributed by atoms with Crippen molar-refractivity contribution in [2.45, 2.75) is 0 Å². The number of hydrogen-bond donors (Lipinski definition) is 4. The maximum atomic E-state index is 13.4. The van der Waals surface area contributed by atoms with Crippen LogP contribution >= 0.6 is 0 Å². The first kappa shape index (κ1) is 25.6. The molecule has 0 radical (unpaired) electrons. The number of rotatable bonds is 6. The zero-order chi connectivity index (χ0) is 26.1. The van der Waals surface area contributed by atoms with Gasteiger partial charge < -0.3 is 36.0 Å². The molecular formula is C26H25FN4O5. The molecule has 10 heteroatoms. The smallest absolute Gasteiger partial charge is 0.291 e. The number of carbonyl (C=O) groups is 2. The van der Waals surface area contributed by atoms with Crippen molar-refractivity contribution in [3.8, 4) is 11.5 Å². The molecule has 0 spiro atoms. The quantitative estimate of drug-likeness (QED) is 0.284. The fourth-order valence-electron chi connectivity index (χ4n) is 3.02. The zero-order valence-corrected chi connectivity index (χ0v) is 19.6. The van der Waals surface area contributed by atoms with Gasteiger partial charge in [-0.05, 0) is 48.5 Å². The lowest BCUT2D eigenvalue weighted by molar-refractivity contribution is 0.0994. The number of nitrogen functional groups attached to an aromatic ring is 2. The summed E-state index contributed by atoms with van der Waals surface area (Å²) in [5.41, 5.74) is 13.4. The molecule has 36 heavy (non-hydrogen) atoms. The first-order valence-corrected chi connectivity index (χ1v) is 10.6. The monoisotopic (exact) mass is 492 g/mol. The van der Waals surface area contributed by atoms with E-state index in [1.807, 2.05) is 0 Å². The Morgan fingerprint density at radius 2 is 1.33 bits per heavy atom. The molecule has 0 aliphatic rings. The van der Waals surface area contributed by atoms with Crippen LogP contribution in [0.15, 0.2) is 83.5 Å². The number of amides is 2. The van der Waals surface area contributed by atoms with Crippen LogP contribution in [-0.2, 0) is 0 Å². The average Bonchev–Trinajstić information content (AvgIpc) is 3.42. The molecule has 0 saturated carbocycles. The van der Waals surface area contributed by atoms with E-state index in [1.54, 1.807) is 54.6 Å². The summed E-state index contributed by atoms with van der Waals surface area (Å²) in [7, 11) is 3.00. The van der Waals surface area contributed by atoms with Crippen LogP contribution in [0.5, 0.6) is 11.5 Å². The Bertz CT molecular complexity index is 1340. The molecule has 0 atom stereocenters. The molecule has 0 bridgehead atoms. The summed E-state index contributed by atoms with van der Waals surface area (Å²) in [6.45, 7) is 0. The number of hydrogen-bond acceptors (Lipinski definition) is 7. The molecule has 0 saturated heterocycles. The second kappa shape index (κ2) is 11.9. The van der Waals surface area contributed by atoms with E-state index in [0.717, 1.165) is 0 Å². The lowest BCUT2D eigenvalue weighted by Gasteiger charge is -2.09. The molecule has 2 amide bonds. The van der Waals surface area contributed by atoms with Gasteiger partial charge in [0.1, 0.15) is 17.3 Å². The van der Waals surface area contributed by atoms with Gasteiger partial charge in [0.25, 0.3) is 11.8 Å². The lowest BCUT2D eigenvalue weighted by atomic mass is 10.2. The number of furan rings is 1. The van der Waals surface area contributed by atoms with Crippen LogP contribution in [0.2, 0.25) is 0 Å². The summed E-state index contributed by atoms with van der Waals surface area (Å²) < 4.78 is 28.5. The third-order valence-corrected chi connectivity index (χ3v) is 4.85. The topological polar surface area (TPSA) is 142 Å². The molecule has 3 aromatic carbocycles. The van der Waals surface area contributed by atoms with Crippen molar-refractivity contribution in [3.05, 3.63) is 96.2 Å². The minimum atomic E-state index is -0.567. The number of carbonyl (C=O) groups excluding carboxylic acids is 2. The van der Waals surface area contributed by atoms with Crippen molar-refractivity contribution in [2.75, 3.05) is 36.3 Å². The summed E-state index contributed by atoms with van der Waals surface area (Å²) in [4.78, 5) is 23.6. The number of ether oxygens (including phenoxy) is 2. The van der Waals surface area contributed by atoms with Gasteiger partial charge in [-0.2, -0.15) is 0 Å². The summed E-state index contributed by atoms with van der Waals surface area (Å²) in [5, 5.41) is 5.26. The van der Waals surface area contributed by atoms with Gasteiger partial charge in [-0.25, -0.2) is 4.39 Å². The Labute approximate surface area is 206 Å². The fourth-order valence-corrected chi connectivity index (χ4v) is 3.02. The molecule has 4 rings (SSSR count). The molecule has 1 aromatic heterocycles. The van der Waals surface area contributed by atoms with Gasteiger partial charge in [-0.15, -0.1) is 0 Å². The van der Waals surface area contributed by atoms with E-state index < -0.39 is 11.7 Å². The number of halogens is 1. The van der Waals surface area contributed by atoms with E-state index in [9.17, 15) is 14.0 Å². The average molecular weight is 493 g/mol. The van der Waals surface area contributed by atoms with E-state index in [2.05, 4.69) is 10.6 Å². The van der Waals surface area contributed by atoms with Gasteiger partial charge in [0.05, 0.1) is 37.4 Å². The maximum Gasteiger partial charge on any atom is 0.291 e. The van der Waals surface area contributed by atoms with E-state index in [0.29, 0.717) is 34.2 Å². The largest absolute Gasteiger partial charge is 0.495 e. The SMILES string of the molecule is COc1cc(NC(=O)c2ccccc2F)ccc1N.COc1cc(NC(=O)c2ccco2)ccc1N. The Balaban J connectivity index is 0.000000202. The first-order chi connectivity index (χ1) is 17.3. The molecule has 0 aliphatic heterocycles. The highest BCUT2D eigenvalue weighted by Crippen LogP contribution is 2.26. The van der Waals surface area contributed by atoms with Crippen molar-refractivity contribution in [1.29, 1.82) is 0 Å². The minimum absolute atomic E-state index is 0.0155. The van der Waals surface area contributed by atoms with E-state index in [-0.39, 0.29) is 17.2 Å². The van der Waals surface area contributed by atoms with Crippen LogP contribution in [0.3, 0.4) is 0 Å². The molecule has 1 heterocycles. The van der Waals surface area contributed by atoms with Crippen molar-refractivity contribution >= 4 is 34.6 Å². The Morgan fingerprint density at radius 3 is 1.83 bits per heavy atom. The van der Waals surface area contributed by atoms with Gasteiger partial charge in [0.15, 0.2) is 5.76 Å².